The zero-order valence-electron chi connectivity index (χ0n) is 19.2. The minimum absolute atomic E-state index is 0.215. The molecule has 2 aromatic rings. The van der Waals surface area contributed by atoms with Gasteiger partial charge in [-0.1, -0.05) is 48.5 Å². The predicted molar refractivity (Wildman–Crippen MR) is 124 cm³/mol. The number of piperazine rings is 1. The van der Waals surface area contributed by atoms with Crippen molar-refractivity contribution < 1.29 is 14.4 Å². The lowest BCUT2D eigenvalue weighted by molar-refractivity contribution is -0.136. The smallest absolute Gasteiger partial charge is 0.326 e. The minimum atomic E-state index is -1.25. The molecule has 0 aromatic heterocycles. The highest BCUT2D eigenvalue weighted by molar-refractivity contribution is 6.09. The van der Waals surface area contributed by atoms with E-state index in [1.54, 1.807) is 0 Å². The van der Waals surface area contributed by atoms with Crippen molar-refractivity contribution in [3.05, 3.63) is 70.8 Å². The Labute approximate surface area is 194 Å². The molecule has 0 spiro atoms. The summed E-state index contributed by atoms with van der Waals surface area (Å²) in [5, 5.41) is 3.03. The summed E-state index contributed by atoms with van der Waals surface area (Å²) in [4.78, 5) is 44.7. The van der Waals surface area contributed by atoms with Crippen LogP contribution in [0.3, 0.4) is 0 Å². The molecule has 0 bridgehead atoms. The van der Waals surface area contributed by atoms with Gasteiger partial charge in [-0.25, -0.2) is 9.69 Å². The lowest BCUT2D eigenvalue weighted by Gasteiger charge is -2.36. The van der Waals surface area contributed by atoms with Crippen molar-refractivity contribution in [2.75, 3.05) is 32.8 Å². The number of hydrogen-bond acceptors (Lipinski definition) is 4. The van der Waals surface area contributed by atoms with E-state index in [-0.39, 0.29) is 24.4 Å². The number of nitrogens with one attached hydrogen (secondary N) is 1. The summed E-state index contributed by atoms with van der Waals surface area (Å²) in [6, 6.07) is 15.0. The van der Waals surface area contributed by atoms with Gasteiger partial charge in [-0.05, 0) is 48.9 Å². The average molecular weight is 447 g/mol. The Kier molecular flexibility index (Phi) is 5.44. The van der Waals surface area contributed by atoms with E-state index in [1.165, 1.54) is 4.90 Å². The third-order valence-electron chi connectivity index (χ3n) is 7.20. The Morgan fingerprint density at radius 1 is 0.939 bits per heavy atom. The van der Waals surface area contributed by atoms with Crippen molar-refractivity contribution in [1.82, 2.24) is 20.0 Å². The number of imide groups is 1. The summed E-state index contributed by atoms with van der Waals surface area (Å²) in [7, 11) is 0. The second kappa shape index (κ2) is 8.30. The van der Waals surface area contributed by atoms with Crippen LogP contribution in [0.2, 0.25) is 0 Å². The van der Waals surface area contributed by atoms with Gasteiger partial charge in [-0.2, -0.15) is 0 Å². The van der Waals surface area contributed by atoms with Gasteiger partial charge in [0.25, 0.3) is 5.91 Å². The van der Waals surface area contributed by atoms with Gasteiger partial charge in [-0.3, -0.25) is 14.5 Å². The first-order valence-electron chi connectivity index (χ1n) is 11.7. The maximum atomic E-state index is 13.9. The van der Waals surface area contributed by atoms with Gasteiger partial charge in [0.05, 0.1) is 6.67 Å². The predicted octanol–water partition coefficient (Wildman–Crippen LogP) is 2.61. The van der Waals surface area contributed by atoms with Crippen molar-refractivity contribution >= 4 is 17.8 Å². The van der Waals surface area contributed by atoms with E-state index < -0.39 is 11.6 Å². The molecule has 7 heteroatoms. The van der Waals surface area contributed by atoms with Crippen molar-refractivity contribution in [3.63, 3.8) is 0 Å². The topological polar surface area (TPSA) is 73.0 Å². The van der Waals surface area contributed by atoms with E-state index in [2.05, 4.69) is 10.2 Å². The Bertz CT molecular complexity index is 1090. The molecular formula is C26H30N4O3. The van der Waals surface area contributed by atoms with Crippen molar-refractivity contribution in [1.29, 1.82) is 0 Å². The van der Waals surface area contributed by atoms with Gasteiger partial charge < -0.3 is 10.2 Å². The zero-order chi connectivity index (χ0) is 23.2. The van der Waals surface area contributed by atoms with Crippen molar-refractivity contribution in [3.8, 4) is 0 Å². The molecule has 33 heavy (non-hydrogen) atoms. The molecular weight excluding hydrogens is 416 g/mol. The number of carbonyl (C=O) groups is 3. The SMILES string of the molecule is Cc1ccc(C2(c3ccccc3)NC(=O)N(CN3CCN(C(=O)C4CC4)CC3)C2=O)cc1C. The summed E-state index contributed by atoms with van der Waals surface area (Å²) < 4.78 is 0. The molecule has 172 valence electrons. The van der Waals surface area contributed by atoms with Crippen LogP contribution in [-0.2, 0) is 15.1 Å². The molecule has 3 aliphatic rings. The monoisotopic (exact) mass is 446 g/mol. The third-order valence-corrected chi connectivity index (χ3v) is 7.20. The highest BCUT2D eigenvalue weighted by atomic mass is 16.2. The number of carbonyl (C=O) groups excluding carboxylic acids is 3. The quantitative estimate of drug-likeness (QED) is 0.717. The lowest BCUT2D eigenvalue weighted by atomic mass is 9.81. The molecule has 0 radical (unpaired) electrons. The molecule has 7 nitrogen and oxygen atoms in total. The van der Waals surface area contributed by atoms with Crippen LogP contribution in [-0.4, -0.2) is 65.4 Å². The number of hydrogen-bond donors (Lipinski definition) is 1. The van der Waals surface area contributed by atoms with Gasteiger partial charge in [0.15, 0.2) is 5.54 Å². The molecule has 3 fully saturated rings. The summed E-state index contributed by atoms with van der Waals surface area (Å²) in [5.74, 6) is 0.202. The van der Waals surface area contributed by atoms with Crippen LogP contribution in [0, 0.1) is 19.8 Å². The fraction of sp³-hybridized carbons (Fsp3) is 0.423. The summed E-state index contributed by atoms with van der Waals surface area (Å²) in [5.41, 5.74) is 2.46. The lowest BCUT2D eigenvalue weighted by Crippen LogP contribution is -2.53. The number of urea groups is 1. The fourth-order valence-corrected chi connectivity index (χ4v) is 4.82. The number of aryl methyl sites for hydroxylation is 2. The third kappa shape index (κ3) is 3.80. The second-order valence-electron chi connectivity index (χ2n) is 9.44. The fourth-order valence-electron chi connectivity index (χ4n) is 4.82. The van der Waals surface area contributed by atoms with Crippen molar-refractivity contribution in [2.24, 2.45) is 5.92 Å². The summed E-state index contributed by atoms with van der Waals surface area (Å²) in [6.07, 6.45) is 2.00. The first-order chi connectivity index (χ1) is 15.9. The molecule has 1 aliphatic carbocycles. The summed E-state index contributed by atoms with van der Waals surface area (Å²) in [6.45, 7) is 6.84. The number of rotatable bonds is 5. The number of nitrogens with zero attached hydrogens (tertiary/aromatic N) is 3. The van der Waals surface area contributed by atoms with Crippen LogP contribution < -0.4 is 5.32 Å². The highest BCUT2D eigenvalue weighted by Gasteiger charge is 2.54. The Morgan fingerprint density at radius 3 is 2.27 bits per heavy atom. The summed E-state index contributed by atoms with van der Waals surface area (Å²) >= 11 is 0. The van der Waals surface area contributed by atoms with Crippen LogP contribution in [0.5, 0.6) is 0 Å². The van der Waals surface area contributed by atoms with E-state index in [0.717, 1.165) is 35.1 Å². The van der Waals surface area contributed by atoms with Gasteiger partial charge in [0, 0.05) is 32.1 Å². The molecule has 1 atom stereocenters. The van der Waals surface area contributed by atoms with Gasteiger partial charge in [0.2, 0.25) is 5.91 Å². The maximum absolute atomic E-state index is 13.9. The largest absolute Gasteiger partial charge is 0.340 e. The number of benzene rings is 2. The average Bonchev–Trinajstić information content (AvgIpc) is 3.65. The Hall–Kier alpha value is -3.19. The molecule has 1 N–H and O–H groups in total. The Morgan fingerprint density at radius 2 is 1.64 bits per heavy atom. The van der Waals surface area contributed by atoms with Crippen LogP contribution in [0.1, 0.15) is 35.1 Å². The molecule has 2 saturated heterocycles. The molecule has 2 heterocycles. The first-order valence-corrected chi connectivity index (χ1v) is 11.7. The first kappa shape index (κ1) is 21.6. The van der Waals surface area contributed by atoms with E-state index in [1.807, 2.05) is 67.3 Å². The van der Waals surface area contributed by atoms with Crippen LogP contribution in [0.4, 0.5) is 4.79 Å². The molecule has 1 unspecified atom stereocenters. The normalized spacial score (nSPS) is 23.7. The highest BCUT2D eigenvalue weighted by Crippen LogP contribution is 2.37. The van der Waals surface area contributed by atoms with Crippen LogP contribution >= 0.6 is 0 Å². The van der Waals surface area contributed by atoms with Crippen molar-refractivity contribution in [2.45, 2.75) is 32.2 Å². The van der Waals surface area contributed by atoms with Gasteiger partial charge >= 0.3 is 6.03 Å². The van der Waals surface area contributed by atoms with E-state index in [0.29, 0.717) is 26.2 Å². The second-order valence-corrected chi connectivity index (χ2v) is 9.44. The van der Waals surface area contributed by atoms with Crippen LogP contribution in [0.25, 0.3) is 0 Å². The molecule has 1 saturated carbocycles. The minimum Gasteiger partial charge on any atom is -0.340 e. The standard InChI is InChI=1S/C26H30N4O3/c1-18-8-11-22(16-19(18)2)26(21-6-4-3-5-7-21)24(32)30(25(33)27-26)17-28-12-14-29(15-13-28)23(31)20-9-10-20/h3-8,11,16,20H,9-10,12-15,17H2,1-2H3,(H,27,33). The number of amides is 4. The molecule has 2 aliphatic heterocycles. The van der Waals surface area contributed by atoms with Gasteiger partial charge in [0.1, 0.15) is 0 Å². The van der Waals surface area contributed by atoms with E-state index >= 15 is 0 Å². The zero-order valence-corrected chi connectivity index (χ0v) is 19.2. The Balaban J connectivity index is 1.39. The van der Waals surface area contributed by atoms with Gasteiger partial charge in [-0.15, -0.1) is 0 Å². The van der Waals surface area contributed by atoms with E-state index in [9.17, 15) is 14.4 Å². The molecule has 4 amide bonds. The molecule has 2 aromatic carbocycles. The van der Waals surface area contributed by atoms with E-state index in [4.69, 9.17) is 0 Å². The maximum Gasteiger partial charge on any atom is 0.326 e. The molecule has 5 rings (SSSR count). The van der Waals surface area contributed by atoms with Crippen LogP contribution in [0.15, 0.2) is 48.5 Å².